The first-order valence-electron chi connectivity index (χ1n) is 8.50. The van der Waals surface area contributed by atoms with E-state index in [1.165, 1.54) is 25.0 Å². The minimum atomic E-state index is 0. The van der Waals surface area contributed by atoms with Crippen molar-refractivity contribution in [2.24, 2.45) is 4.99 Å². The van der Waals surface area contributed by atoms with E-state index in [2.05, 4.69) is 34.3 Å². The van der Waals surface area contributed by atoms with E-state index in [-0.39, 0.29) is 24.0 Å². The summed E-state index contributed by atoms with van der Waals surface area (Å²) in [4.78, 5) is 4.29. The van der Waals surface area contributed by atoms with Crippen molar-refractivity contribution in [1.29, 1.82) is 0 Å². The Kier molecular flexibility index (Phi) is 10.9. The number of hydrogen-bond donors (Lipinski definition) is 2. The Hall–Kier alpha value is 0.270. The van der Waals surface area contributed by atoms with Gasteiger partial charge in [0.05, 0.1) is 12.7 Å². The molecule has 5 nitrogen and oxygen atoms in total. The largest absolute Gasteiger partial charge is 0.379 e. The Balaban J connectivity index is 0.00000264. The van der Waals surface area contributed by atoms with Crippen LogP contribution in [0, 0.1) is 0 Å². The van der Waals surface area contributed by atoms with E-state index in [0.717, 1.165) is 51.7 Å². The zero-order valence-corrected chi connectivity index (χ0v) is 17.6. The SMILES string of the molecule is CN=C(NCCCOCC1CCCO1)NCC1(C)CCCS1.I. The van der Waals surface area contributed by atoms with Crippen molar-refractivity contribution >= 4 is 41.7 Å². The molecule has 0 aromatic carbocycles. The molecule has 0 aromatic heterocycles. The molecule has 2 N–H and O–H groups in total. The predicted octanol–water partition coefficient (Wildman–Crippen LogP) is 2.64. The first kappa shape index (κ1) is 21.3. The van der Waals surface area contributed by atoms with E-state index in [9.17, 15) is 0 Å². The molecule has 0 radical (unpaired) electrons. The highest BCUT2D eigenvalue weighted by Crippen LogP contribution is 2.36. The molecule has 2 atom stereocenters. The van der Waals surface area contributed by atoms with Gasteiger partial charge in [-0.2, -0.15) is 11.8 Å². The lowest BCUT2D eigenvalue weighted by atomic mass is 10.1. The van der Waals surface area contributed by atoms with Gasteiger partial charge in [0, 0.05) is 38.1 Å². The van der Waals surface area contributed by atoms with Crippen molar-refractivity contribution < 1.29 is 9.47 Å². The van der Waals surface area contributed by atoms with E-state index < -0.39 is 0 Å². The van der Waals surface area contributed by atoms with Crippen molar-refractivity contribution in [3.8, 4) is 0 Å². The molecular weight excluding hydrogens is 425 g/mol. The van der Waals surface area contributed by atoms with Gasteiger partial charge in [-0.1, -0.05) is 0 Å². The minimum Gasteiger partial charge on any atom is -0.379 e. The topological polar surface area (TPSA) is 54.9 Å². The maximum Gasteiger partial charge on any atom is 0.191 e. The van der Waals surface area contributed by atoms with Crippen LogP contribution in [0.15, 0.2) is 4.99 Å². The molecule has 2 saturated heterocycles. The molecule has 0 bridgehead atoms. The van der Waals surface area contributed by atoms with Gasteiger partial charge in [-0.05, 0) is 44.8 Å². The van der Waals surface area contributed by atoms with E-state index in [1.807, 2.05) is 7.05 Å². The molecule has 23 heavy (non-hydrogen) atoms. The van der Waals surface area contributed by atoms with Crippen LogP contribution in [0.5, 0.6) is 0 Å². The molecule has 2 aliphatic rings. The molecule has 0 spiro atoms. The zero-order valence-electron chi connectivity index (χ0n) is 14.4. The third kappa shape index (κ3) is 8.27. The van der Waals surface area contributed by atoms with Gasteiger partial charge in [0.15, 0.2) is 5.96 Å². The Morgan fingerprint density at radius 3 is 2.91 bits per heavy atom. The van der Waals surface area contributed by atoms with Crippen LogP contribution in [0.2, 0.25) is 0 Å². The number of nitrogens with zero attached hydrogens (tertiary/aromatic N) is 1. The summed E-state index contributed by atoms with van der Waals surface area (Å²) in [5, 5.41) is 6.80. The third-order valence-corrected chi connectivity index (χ3v) is 5.78. The fourth-order valence-corrected chi connectivity index (χ4v) is 4.08. The minimum absolute atomic E-state index is 0. The smallest absolute Gasteiger partial charge is 0.191 e. The van der Waals surface area contributed by atoms with Crippen LogP contribution >= 0.6 is 35.7 Å². The van der Waals surface area contributed by atoms with E-state index in [1.54, 1.807) is 0 Å². The fraction of sp³-hybridized carbons (Fsp3) is 0.938. The van der Waals surface area contributed by atoms with Gasteiger partial charge in [0.2, 0.25) is 0 Å². The van der Waals surface area contributed by atoms with Crippen LogP contribution in [0.3, 0.4) is 0 Å². The number of hydrogen-bond acceptors (Lipinski definition) is 4. The summed E-state index contributed by atoms with van der Waals surface area (Å²) in [6, 6.07) is 0. The quantitative estimate of drug-likeness (QED) is 0.254. The monoisotopic (exact) mass is 457 g/mol. The highest BCUT2D eigenvalue weighted by molar-refractivity contribution is 14.0. The number of halogens is 1. The van der Waals surface area contributed by atoms with Gasteiger partial charge >= 0.3 is 0 Å². The van der Waals surface area contributed by atoms with Crippen LogP contribution < -0.4 is 10.6 Å². The standard InChI is InChI=1S/C16H31N3O2S.HI/c1-16(7-4-11-22-16)13-19-15(17-2)18-8-5-9-20-12-14-6-3-10-21-14;/h14H,3-13H2,1-2H3,(H2,17,18,19);1H. The lowest BCUT2D eigenvalue weighted by Crippen LogP contribution is -2.44. The van der Waals surface area contributed by atoms with Gasteiger partial charge in [0.1, 0.15) is 0 Å². The first-order valence-corrected chi connectivity index (χ1v) is 9.48. The van der Waals surface area contributed by atoms with Gasteiger partial charge < -0.3 is 20.1 Å². The average Bonchev–Trinajstić information content (AvgIpc) is 3.18. The number of rotatable bonds is 8. The maximum absolute atomic E-state index is 5.66. The predicted molar refractivity (Wildman–Crippen MR) is 109 cm³/mol. The third-order valence-electron chi connectivity index (χ3n) is 4.24. The number of aliphatic imine (C=N–C) groups is 1. The molecule has 2 heterocycles. The van der Waals surface area contributed by atoms with E-state index in [0.29, 0.717) is 10.9 Å². The molecule has 2 aliphatic heterocycles. The molecule has 7 heteroatoms. The van der Waals surface area contributed by atoms with Crippen molar-refractivity contribution in [2.75, 3.05) is 45.7 Å². The van der Waals surface area contributed by atoms with Crippen molar-refractivity contribution in [3.05, 3.63) is 0 Å². The average molecular weight is 457 g/mol. The Morgan fingerprint density at radius 1 is 1.39 bits per heavy atom. The molecule has 0 aliphatic carbocycles. The lowest BCUT2D eigenvalue weighted by molar-refractivity contribution is 0.0168. The van der Waals surface area contributed by atoms with Gasteiger partial charge in [-0.3, -0.25) is 4.99 Å². The van der Waals surface area contributed by atoms with Crippen LogP contribution in [-0.2, 0) is 9.47 Å². The van der Waals surface area contributed by atoms with Gasteiger partial charge in [-0.15, -0.1) is 24.0 Å². The summed E-state index contributed by atoms with van der Waals surface area (Å²) >= 11 is 2.07. The lowest BCUT2D eigenvalue weighted by Gasteiger charge is -2.24. The Labute approximate surface area is 162 Å². The molecule has 0 saturated carbocycles. The Bertz CT molecular complexity index is 346. The van der Waals surface area contributed by atoms with Crippen molar-refractivity contribution in [1.82, 2.24) is 10.6 Å². The number of nitrogens with one attached hydrogen (secondary N) is 2. The normalized spacial score (nSPS) is 27.7. The number of guanidine groups is 1. The molecule has 0 aromatic rings. The molecule has 2 unspecified atom stereocenters. The molecular formula is C16H32IN3O2S. The van der Waals surface area contributed by atoms with E-state index in [4.69, 9.17) is 9.47 Å². The second-order valence-corrected chi connectivity index (χ2v) is 8.00. The zero-order chi connectivity index (χ0) is 15.7. The van der Waals surface area contributed by atoms with Crippen LogP contribution in [0.1, 0.15) is 39.0 Å². The van der Waals surface area contributed by atoms with Gasteiger partial charge in [-0.25, -0.2) is 0 Å². The maximum atomic E-state index is 5.66. The summed E-state index contributed by atoms with van der Waals surface area (Å²) in [5.41, 5.74) is 0. The molecule has 0 amide bonds. The molecule has 2 rings (SSSR count). The van der Waals surface area contributed by atoms with Crippen LogP contribution in [0.4, 0.5) is 0 Å². The fourth-order valence-electron chi connectivity index (χ4n) is 2.84. The second-order valence-electron chi connectivity index (χ2n) is 6.32. The summed E-state index contributed by atoms with van der Waals surface area (Å²) < 4.78 is 11.6. The highest BCUT2D eigenvalue weighted by atomic mass is 127. The summed E-state index contributed by atoms with van der Waals surface area (Å²) in [6.45, 7) is 6.61. The van der Waals surface area contributed by atoms with Crippen LogP contribution in [-0.4, -0.2) is 62.5 Å². The summed E-state index contributed by atoms with van der Waals surface area (Å²) in [6.07, 6.45) is 6.25. The summed E-state index contributed by atoms with van der Waals surface area (Å²) in [5.74, 6) is 2.18. The number of thioether (sulfide) groups is 1. The number of ether oxygens (including phenoxy) is 2. The highest BCUT2D eigenvalue weighted by Gasteiger charge is 2.29. The molecule has 2 fully saturated rings. The van der Waals surface area contributed by atoms with Crippen LogP contribution in [0.25, 0.3) is 0 Å². The van der Waals surface area contributed by atoms with Crippen molar-refractivity contribution in [3.63, 3.8) is 0 Å². The Morgan fingerprint density at radius 2 is 2.26 bits per heavy atom. The second kappa shape index (κ2) is 11.8. The van der Waals surface area contributed by atoms with Crippen molar-refractivity contribution in [2.45, 2.75) is 49.9 Å². The summed E-state index contributed by atoms with van der Waals surface area (Å²) in [7, 11) is 1.83. The molecule has 136 valence electrons. The van der Waals surface area contributed by atoms with Gasteiger partial charge in [0.25, 0.3) is 0 Å². The van der Waals surface area contributed by atoms with E-state index >= 15 is 0 Å². The first-order chi connectivity index (χ1) is 10.7.